The Morgan fingerprint density at radius 1 is 1.21 bits per heavy atom. The minimum atomic E-state index is 0.0563. The Bertz CT molecular complexity index is 452. The number of aliphatic hydroxyl groups excluding tert-OH is 1. The molecule has 0 bridgehead atoms. The molecule has 2 aliphatic heterocycles. The van der Waals surface area contributed by atoms with E-state index in [1.165, 1.54) is 32.4 Å². The lowest BCUT2D eigenvalue weighted by Crippen LogP contribution is -2.37. The summed E-state index contributed by atoms with van der Waals surface area (Å²) in [6, 6.07) is 6.55. The zero-order valence-corrected chi connectivity index (χ0v) is 11.9. The molecule has 1 N–H and O–H groups in total. The maximum atomic E-state index is 9.54. The fraction of sp³-hybridized carbons (Fsp3) is 0.600. The number of fused-ring (bicyclic) bond motifs is 1. The first-order valence-electron chi connectivity index (χ1n) is 7.16. The molecule has 1 unspecified atom stereocenters. The summed E-state index contributed by atoms with van der Waals surface area (Å²) in [4.78, 5) is 5.05. The molecule has 3 rings (SSSR count). The van der Waals surface area contributed by atoms with Gasteiger partial charge in [-0.05, 0) is 44.0 Å². The second kappa shape index (κ2) is 5.70. The van der Waals surface area contributed by atoms with Crippen LogP contribution in [0.3, 0.4) is 0 Å². The molecule has 1 aromatic carbocycles. The van der Waals surface area contributed by atoms with Crippen molar-refractivity contribution in [2.24, 2.45) is 0 Å². The Labute approximate surface area is 119 Å². The fourth-order valence-corrected chi connectivity index (χ4v) is 3.61. The summed E-state index contributed by atoms with van der Waals surface area (Å²) >= 11 is 6.02. The summed E-state index contributed by atoms with van der Waals surface area (Å²) in [5, 5.41) is 10.2. The molecular formula is C15H21ClN2O. The van der Waals surface area contributed by atoms with Gasteiger partial charge in [-0.15, -0.1) is 0 Å². The van der Waals surface area contributed by atoms with Gasteiger partial charge in [0.25, 0.3) is 0 Å². The average Bonchev–Trinajstić information content (AvgIpc) is 2.76. The quantitative estimate of drug-likeness (QED) is 0.902. The van der Waals surface area contributed by atoms with E-state index >= 15 is 0 Å². The molecule has 0 saturated carbocycles. The largest absolute Gasteiger partial charge is 0.392 e. The van der Waals surface area contributed by atoms with Gasteiger partial charge in [0.1, 0.15) is 0 Å². The van der Waals surface area contributed by atoms with Gasteiger partial charge in [-0.3, -0.25) is 4.90 Å². The maximum absolute atomic E-state index is 9.54. The molecule has 104 valence electrons. The summed E-state index contributed by atoms with van der Waals surface area (Å²) in [5.74, 6) is 0. The third kappa shape index (κ3) is 2.73. The van der Waals surface area contributed by atoms with E-state index in [1.807, 2.05) is 12.1 Å². The van der Waals surface area contributed by atoms with Gasteiger partial charge in [0.15, 0.2) is 0 Å². The molecular weight excluding hydrogens is 260 g/mol. The van der Waals surface area contributed by atoms with Crippen molar-refractivity contribution in [3.63, 3.8) is 0 Å². The Hall–Kier alpha value is -0.770. The summed E-state index contributed by atoms with van der Waals surface area (Å²) in [5.41, 5.74) is 2.10. The maximum Gasteiger partial charge on any atom is 0.0702 e. The molecule has 0 spiro atoms. The molecule has 2 aliphatic rings. The smallest absolute Gasteiger partial charge is 0.0702 e. The molecule has 19 heavy (non-hydrogen) atoms. The van der Waals surface area contributed by atoms with Crippen molar-refractivity contribution in [3.8, 4) is 0 Å². The van der Waals surface area contributed by atoms with Crippen molar-refractivity contribution in [2.75, 3.05) is 31.1 Å². The van der Waals surface area contributed by atoms with E-state index in [-0.39, 0.29) is 6.61 Å². The van der Waals surface area contributed by atoms with E-state index < -0.39 is 0 Å². The zero-order chi connectivity index (χ0) is 13.2. The molecule has 1 aromatic rings. The van der Waals surface area contributed by atoms with Crippen molar-refractivity contribution in [3.05, 3.63) is 28.8 Å². The average molecular weight is 281 g/mol. The number of aliphatic hydroxyl groups is 1. The van der Waals surface area contributed by atoms with Crippen LogP contribution >= 0.6 is 11.6 Å². The zero-order valence-electron chi connectivity index (χ0n) is 11.2. The summed E-state index contributed by atoms with van der Waals surface area (Å²) in [6.07, 6.45) is 3.83. The van der Waals surface area contributed by atoms with Crippen molar-refractivity contribution in [1.29, 1.82) is 0 Å². The SMILES string of the molecule is OCc1cc(Cl)ccc1N1CCCN2CCCC2C1. The number of halogens is 1. The van der Waals surface area contributed by atoms with Crippen LogP contribution in [0.2, 0.25) is 5.02 Å². The Morgan fingerprint density at radius 2 is 2.05 bits per heavy atom. The van der Waals surface area contributed by atoms with E-state index in [9.17, 15) is 5.11 Å². The van der Waals surface area contributed by atoms with Gasteiger partial charge in [-0.25, -0.2) is 0 Å². The van der Waals surface area contributed by atoms with Gasteiger partial charge >= 0.3 is 0 Å². The highest BCUT2D eigenvalue weighted by molar-refractivity contribution is 6.30. The predicted octanol–water partition coefficient (Wildman–Crippen LogP) is 2.51. The van der Waals surface area contributed by atoms with Crippen molar-refractivity contribution in [1.82, 2.24) is 4.90 Å². The first kappa shape index (κ1) is 13.2. The number of benzene rings is 1. The Balaban J connectivity index is 1.84. The molecule has 0 amide bonds. The highest BCUT2D eigenvalue weighted by Gasteiger charge is 2.29. The highest BCUT2D eigenvalue weighted by atomic mass is 35.5. The van der Waals surface area contributed by atoms with Gasteiger partial charge in [0.2, 0.25) is 0 Å². The molecule has 0 aromatic heterocycles. The van der Waals surface area contributed by atoms with Crippen LogP contribution in [0.25, 0.3) is 0 Å². The number of hydrogen-bond donors (Lipinski definition) is 1. The molecule has 2 heterocycles. The second-order valence-electron chi connectivity index (χ2n) is 5.56. The Kier molecular flexibility index (Phi) is 3.96. The van der Waals surface area contributed by atoms with E-state index in [4.69, 9.17) is 11.6 Å². The molecule has 2 saturated heterocycles. The minimum Gasteiger partial charge on any atom is -0.392 e. The monoisotopic (exact) mass is 280 g/mol. The lowest BCUT2D eigenvalue weighted by molar-refractivity contribution is 0.272. The number of rotatable bonds is 2. The van der Waals surface area contributed by atoms with Crippen LogP contribution in [0.4, 0.5) is 5.69 Å². The summed E-state index contributed by atoms with van der Waals surface area (Å²) < 4.78 is 0. The molecule has 2 fully saturated rings. The topological polar surface area (TPSA) is 26.7 Å². The molecule has 0 aliphatic carbocycles. The summed E-state index contributed by atoms with van der Waals surface area (Å²) in [6.45, 7) is 4.67. The number of anilines is 1. The third-order valence-electron chi connectivity index (χ3n) is 4.36. The predicted molar refractivity (Wildman–Crippen MR) is 78.8 cm³/mol. The van der Waals surface area contributed by atoms with Crippen molar-refractivity contribution < 1.29 is 5.11 Å². The van der Waals surface area contributed by atoms with Crippen LogP contribution in [0.15, 0.2) is 18.2 Å². The minimum absolute atomic E-state index is 0.0563. The lowest BCUT2D eigenvalue weighted by Gasteiger charge is -2.28. The fourth-order valence-electron chi connectivity index (χ4n) is 3.41. The van der Waals surface area contributed by atoms with Gasteiger partial charge in [-0.2, -0.15) is 0 Å². The van der Waals surface area contributed by atoms with E-state index in [2.05, 4.69) is 15.9 Å². The van der Waals surface area contributed by atoms with E-state index in [0.29, 0.717) is 11.1 Å². The van der Waals surface area contributed by atoms with Crippen molar-refractivity contribution >= 4 is 17.3 Å². The van der Waals surface area contributed by atoms with Crippen LogP contribution in [0, 0.1) is 0 Å². The van der Waals surface area contributed by atoms with Gasteiger partial charge < -0.3 is 10.0 Å². The van der Waals surface area contributed by atoms with E-state index in [0.717, 1.165) is 24.3 Å². The Morgan fingerprint density at radius 3 is 2.89 bits per heavy atom. The molecule has 3 nitrogen and oxygen atoms in total. The first-order valence-corrected chi connectivity index (χ1v) is 7.54. The normalized spacial score (nSPS) is 24.3. The van der Waals surface area contributed by atoms with Crippen LogP contribution in [0.1, 0.15) is 24.8 Å². The summed E-state index contributed by atoms with van der Waals surface area (Å²) in [7, 11) is 0. The molecule has 0 radical (unpaired) electrons. The van der Waals surface area contributed by atoms with Crippen molar-refractivity contribution in [2.45, 2.75) is 31.9 Å². The van der Waals surface area contributed by atoms with Gasteiger partial charge in [-0.1, -0.05) is 11.6 Å². The van der Waals surface area contributed by atoms with Crippen LogP contribution < -0.4 is 4.90 Å². The molecule has 1 atom stereocenters. The van der Waals surface area contributed by atoms with E-state index in [1.54, 1.807) is 0 Å². The third-order valence-corrected chi connectivity index (χ3v) is 4.59. The number of hydrogen-bond acceptors (Lipinski definition) is 3. The standard InChI is InChI=1S/C15H21ClN2O/c16-13-4-5-15(12(9-13)11-19)18-8-2-7-17-6-1-3-14(17)10-18/h4-5,9,14,19H,1-3,6-8,10-11H2. The number of nitrogens with zero attached hydrogens (tertiary/aromatic N) is 2. The van der Waals surface area contributed by atoms with Crippen LogP contribution in [-0.2, 0) is 6.61 Å². The first-order chi connectivity index (χ1) is 9.28. The second-order valence-corrected chi connectivity index (χ2v) is 6.00. The highest BCUT2D eigenvalue weighted by Crippen LogP contribution is 2.29. The van der Waals surface area contributed by atoms with Gasteiger partial charge in [0, 0.05) is 41.9 Å². The van der Waals surface area contributed by atoms with Crippen LogP contribution in [0.5, 0.6) is 0 Å². The lowest BCUT2D eigenvalue weighted by atomic mass is 10.1. The molecule has 4 heteroatoms. The van der Waals surface area contributed by atoms with Crippen LogP contribution in [-0.4, -0.2) is 42.2 Å². The van der Waals surface area contributed by atoms with Gasteiger partial charge in [0.05, 0.1) is 6.61 Å².